The largest absolute Gasteiger partial charge is 1.00 e. The summed E-state index contributed by atoms with van der Waals surface area (Å²) < 4.78 is 17.7. The van der Waals surface area contributed by atoms with E-state index in [4.69, 9.17) is 11.4 Å². The van der Waals surface area contributed by atoms with Crippen LogP contribution in [0.25, 0.3) is 0 Å². The molecule has 0 bridgehead atoms. The zero-order valence-electron chi connectivity index (χ0n) is 14.3. The molecule has 0 saturated heterocycles. The minimum atomic E-state index is -2.11. The van der Waals surface area contributed by atoms with Crippen molar-refractivity contribution < 1.29 is 31.7 Å². The molecule has 0 amide bonds. The third-order valence-corrected chi connectivity index (χ3v) is 4.05. The Bertz CT molecular complexity index is 184. The summed E-state index contributed by atoms with van der Waals surface area (Å²) in [6, 6.07) is 0. The fourth-order valence-corrected chi connectivity index (χ4v) is 2.81. The Balaban J connectivity index is -0.000000375. The summed E-state index contributed by atoms with van der Waals surface area (Å²) in [4.78, 5) is 0. The fourth-order valence-electron chi connectivity index (χ4n) is 0.938. The first-order valence-corrected chi connectivity index (χ1v) is 7.23. The third-order valence-electron chi connectivity index (χ3n) is 1.35. The van der Waals surface area contributed by atoms with E-state index in [-0.39, 0.29) is 54.5 Å². The molecule has 0 aromatic carbocycles. The Morgan fingerprint density at radius 3 is 0.889 bits per heavy atom. The van der Waals surface area contributed by atoms with Crippen molar-refractivity contribution in [2.45, 2.75) is 79.1 Å². The molecule has 3 nitrogen and oxygen atoms in total. The van der Waals surface area contributed by atoms with Crippen molar-refractivity contribution >= 4 is 32.5 Å². The normalized spacial score (nSPS) is 12.5. The van der Waals surface area contributed by atoms with Gasteiger partial charge in [0.25, 0.3) is 0 Å². The molecule has 0 aromatic rings. The molecule has 104 valence electrons. The molecular formula is C12H31Al2LiO3. The predicted molar refractivity (Wildman–Crippen MR) is 79.3 cm³/mol. The first-order valence-electron chi connectivity index (χ1n) is 5.82. The van der Waals surface area contributed by atoms with E-state index in [2.05, 4.69) is 0 Å². The second-order valence-electron chi connectivity index (χ2n) is 6.98. The molecule has 6 heteroatoms. The summed E-state index contributed by atoms with van der Waals surface area (Å²) in [7, 11) is 0. The molecule has 0 radical (unpaired) electrons. The van der Waals surface area contributed by atoms with Crippen molar-refractivity contribution in [3.05, 3.63) is 0 Å². The van der Waals surface area contributed by atoms with Crippen LogP contribution in [0.2, 0.25) is 0 Å². The van der Waals surface area contributed by atoms with Crippen LogP contribution >= 0.6 is 0 Å². The molecule has 0 aromatic heterocycles. The van der Waals surface area contributed by atoms with Gasteiger partial charge in [-0.1, -0.05) is 0 Å². The van der Waals surface area contributed by atoms with E-state index in [0.717, 1.165) is 0 Å². The van der Waals surface area contributed by atoms with Gasteiger partial charge in [0.1, 0.15) is 0 Å². The van der Waals surface area contributed by atoms with Gasteiger partial charge in [0.2, 0.25) is 0 Å². The van der Waals surface area contributed by atoms with E-state index in [1.54, 1.807) is 0 Å². The van der Waals surface area contributed by atoms with Gasteiger partial charge in [0, 0.05) is 16.8 Å². The van der Waals surface area contributed by atoms with Crippen LogP contribution in [0.5, 0.6) is 0 Å². The Labute approximate surface area is 143 Å². The zero-order valence-corrected chi connectivity index (χ0v) is 14.5. The second kappa shape index (κ2) is 8.75. The molecule has 0 aliphatic heterocycles. The summed E-state index contributed by atoms with van der Waals surface area (Å²) in [5.74, 6) is 0. The van der Waals surface area contributed by atoms with E-state index in [1.807, 2.05) is 62.3 Å². The standard InChI is InChI=1S/3C4H9O.2Al.Li.4H/c3*1-4(2,3)5;;;;;;;/h3*1-3H3;;;;;;;/q3*-1;;+3;+1;;;;-1. The Morgan fingerprint density at radius 1 is 0.611 bits per heavy atom. The van der Waals surface area contributed by atoms with Gasteiger partial charge in [0.05, 0.1) is 0 Å². The van der Waals surface area contributed by atoms with Crippen molar-refractivity contribution in [2.75, 3.05) is 0 Å². The van der Waals surface area contributed by atoms with Gasteiger partial charge < -0.3 is 12.8 Å². The minimum absolute atomic E-state index is 0. The number of hydrogen-bond donors (Lipinski definition) is 0. The van der Waals surface area contributed by atoms with E-state index in [9.17, 15) is 0 Å². The molecule has 0 fully saturated rings. The Hall–Kier alpha value is 1.54. The van der Waals surface area contributed by atoms with Gasteiger partial charge in [-0.3, -0.25) is 0 Å². The number of rotatable bonds is 3. The second-order valence-corrected chi connectivity index (χ2v) is 8.26. The van der Waals surface area contributed by atoms with Crippen LogP contribution in [0.1, 0.15) is 63.7 Å². The van der Waals surface area contributed by atoms with Crippen LogP contribution in [0.4, 0.5) is 0 Å². The smallest absolute Gasteiger partial charge is 1.00 e. The maximum absolute atomic E-state index is 5.88. The molecule has 0 atom stereocenters. The van der Waals surface area contributed by atoms with Crippen LogP contribution in [0.3, 0.4) is 0 Å². The molecule has 0 rings (SSSR count). The fraction of sp³-hybridized carbons (Fsp3) is 1.00. The average Bonchev–Trinajstić information content (AvgIpc) is 1.70. The third kappa shape index (κ3) is 17.5. The van der Waals surface area contributed by atoms with Crippen molar-refractivity contribution in [3.63, 3.8) is 0 Å². The topological polar surface area (TPSA) is 27.7 Å². The molecule has 0 N–H and O–H groups in total. The van der Waals surface area contributed by atoms with E-state index in [1.165, 1.54) is 0 Å². The van der Waals surface area contributed by atoms with Crippen LogP contribution in [0, 0.1) is 0 Å². The van der Waals surface area contributed by atoms with E-state index in [0.29, 0.717) is 0 Å². The molecule has 0 saturated carbocycles. The van der Waals surface area contributed by atoms with Crippen LogP contribution in [-0.4, -0.2) is 49.3 Å². The van der Waals surface area contributed by atoms with Crippen LogP contribution < -0.4 is 18.9 Å². The number of hydrogen-bond acceptors (Lipinski definition) is 3. The zero-order chi connectivity index (χ0) is 13.2. The first kappa shape index (κ1) is 24.6. The summed E-state index contributed by atoms with van der Waals surface area (Å²) in [6.07, 6.45) is 0. The minimum Gasteiger partial charge on any atom is -1.00 e. The maximum atomic E-state index is 5.88. The monoisotopic (exact) mass is 284 g/mol. The first-order chi connectivity index (χ1) is 6.79. The van der Waals surface area contributed by atoms with Gasteiger partial charge >= 0.3 is 34.0 Å². The summed E-state index contributed by atoms with van der Waals surface area (Å²) >= 11 is -2.11. The van der Waals surface area contributed by atoms with E-state index < -0.39 is 15.1 Å². The maximum Gasteiger partial charge on any atom is 1.00 e. The molecule has 0 aliphatic rings. The molecule has 0 aliphatic carbocycles. The molecule has 0 unspecified atom stereocenters. The van der Waals surface area contributed by atoms with E-state index >= 15 is 0 Å². The quantitative estimate of drug-likeness (QED) is 0.645. The Morgan fingerprint density at radius 2 is 0.778 bits per heavy atom. The van der Waals surface area contributed by atoms with Gasteiger partial charge in [-0.25, -0.2) is 0 Å². The van der Waals surface area contributed by atoms with Gasteiger partial charge in [0.15, 0.2) is 17.4 Å². The van der Waals surface area contributed by atoms with Gasteiger partial charge in [-0.05, 0) is 62.3 Å². The van der Waals surface area contributed by atoms with Gasteiger partial charge in [-0.15, -0.1) is 0 Å². The molecule has 0 heterocycles. The van der Waals surface area contributed by atoms with Crippen molar-refractivity contribution in [1.82, 2.24) is 0 Å². The summed E-state index contributed by atoms with van der Waals surface area (Å²) in [6.45, 7) is 18.2. The summed E-state index contributed by atoms with van der Waals surface area (Å²) in [5.41, 5.74) is -0.686. The predicted octanol–water partition coefficient (Wildman–Crippen LogP) is -0.651. The Kier molecular flexibility index (Phi) is 11.9. The molecular weight excluding hydrogens is 253 g/mol. The van der Waals surface area contributed by atoms with Crippen molar-refractivity contribution in [2.24, 2.45) is 0 Å². The van der Waals surface area contributed by atoms with Crippen molar-refractivity contribution in [3.8, 4) is 0 Å². The van der Waals surface area contributed by atoms with Gasteiger partial charge in [-0.2, -0.15) is 0 Å². The SMILES string of the molecule is CC(C)(C)[O][Al]([O]C(C)(C)C)[O]C(C)(C)C.[AlH3].[H-].[Li+]. The molecule has 18 heavy (non-hydrogen) atoms. The van der Waals surface area contributed by atoms with Crippen LogP contribution in [0.15, 0.2) is 0 Å². The van der Waals surface area contributed by atoms with Crippen LogP contribution in [-0.2, 0) is 11.4 Å². The average molecular weight is 284 g/mol. The summed E-state index contributed by atoms with van der Waals surface area (Å²) in [5, 5.41) is 0. The van der Waals surface area contributed by atoms with Crippen molar-refractivity contribution in [1.29, 1.82) is 0 Å². The molecule has 0 spiro atoms.